The second-order valence-corrected chi connectivity index (χ2v) is 7.11. The third-order valence-corrected chi connectivity index (χ3v) is 4.18. The van der Waals surface area contributed by atoms with Crippen molar-refractivity contribution < 1.29 is 14.3 Å². The fourth-order valence-electron chi connectivity index (χ4n) is 2.67. The predicted octanol–water partition coefficient (Wildman–Crippen LogP) is 1.88. The standard InChI is InChI=1S/C19H23N3O4/c1-11(2)10-22-18(24)15-7-5-4-6-14(15)16(21-22)19(25)26-12(3)17(23)20-13-8-9-13/h4-7,11-13H,8-10H2,1-3H3,(H,20,23)/t12-/m0/s1. The van der Waals surface area contributed by atoms with Gasteiger partial charge in [-0.2, -0.15) is 5.10 Å². The van der Waals surface area contributed by atoms with Crippen LogP contribution in [-0.2, 0) is 16.1 Å². The first-order valence-corrected chi connectivity index (χ1v) is 8.88. The van der Waals surface area contributed by atoms with Gasteiger partial charge in [0.05, 0.1) is 5.39 Å². The Hall–Kier alpha value is -2.70. The molecule has 1 aromatic carbocycles. The second-order valence-electron chi connectivity index (χ2n) is 7.11. The van der Waals surface area contributed by atoms with Gasteiger partial charge in [0, 0.05) is 18.0 Å². The van der Waals surface area contributed by atoms with Crippen LogP contribution in [0.15, 0.2) is 29.1 Å². The first-order valence-electron chi connectivity index (χ1n) is 8.88. The number of hydrogen-bond donors (Lipinski definition) is 1. The van der Waals surface area contributed by atoms with Gasteiger partial charge in [0.15, 0.2) is 11.8 Å². The number of ether oxygens (including phenoxy) is 1. The molecular weight excluding hydrogens is 334 g/mol. The molecule has 3 rings (SSSR count). The van der Waals surface area contributed by atoms with E-state index in [1.54, 1.807) is 24.3 Å². The molecule has 2 aromatic rings. The van der Waals surface area contributed by atoms with Crippen molar-refractivity contribution in [3.05, 3.63) is 40.3 Å². The van der Waals surface area contributed by atoms with Crippen LogP contribution in [0.3, 0.4) is 0 Å². The maximum atomic E-state index is 12.6. The molecule has 1 atom stereocenters. The summed E-state index contributed by atoms with van der Waals surface area (Å²) in [4.78, 5) is 37.3. The van der Waals surface area contributed by atoms with Crippen molar-refractivity contribution in [1.82, 2.24) is 15.1 Å². The van der Waals surface area contributed by atoms with E-state index in [-0.39, 0.29) is 29.1 Å². The van der Waals surface area contributed by atoms with E-state index in [1.165, 1.54) is 11.6 Å². The number of fused-ring (bicyclic) bond motifs is 1. The second kappa shape index (κ2) is 7.27. The minimum absolute atomic E-state index is 0.0481. The van der Waals surface area contributed by atoms with E-state index < -0.39 is 12.1 Å². The molecule has 138 valence electrons. The van der Waals surface area contributed by atoms with Gasteiger partial charge in [0.2, 0.25) is 0 Å². The van der Waals surface area contributed by atoms with E-state index in [9.17, 15) is 14.4 Å². The monoisotopic (exact) mass is 357 g/mol. The fourth-order valence-corrected chi connectivity index (χ4v) is 2.67. The lowest BCUT2D eigenvalue weighted by Crippen LogP contribution is -2.37. The van der Waals surface area contributed by atoms with Crippen LogP contribution in [0.2, 0.25) is 0 Å². The smallest absolute Gasteiger partial charge is 0.360 e. The number of carbonyl (C=O) groups excluding carboxylic acids is 2. The van der Waals surface area contributed by atoms with Crippen LogP contribution < -0.4 is 10.9 Å². The molecular formula is C19H23N3O4. The summed E-state index contributed by atoms with van der Waals surface area (Å²) in [6.07, 6.45) is 0.992. The van der Waals surface area contributed by atoms with Crippen LogP contribution in [0.1, 0.15) is 44.1 Å². The highest BCUT2D eigenvalue weighted by Gasteiger charge is 2.28. The number of amides is 1. The third-order valence-electron chi connectivity index (χ3n) is 4.18. The molecule has 0 unspecified atom stereocenters. The Morgan fingerprint density at radius 3 is 2.50 bits per heavy atom. The van der Waals surface area contributed by atoms with Crippen molar-refractivity contribution in [2.75, 3.05) is 0 Å². The van der Waals surface area contributed by atoms with Crippen molar-refractivity contribution in [2.24, 2.45) is 5.92 Å². The summed E-state index contributed by atoms with van der Waals surface area (Å²) in [5.41, 5.74) is -0.197. The van der Waals surface area contributed by atoms with Crippen LogP contribution >= 0.6 is 0 Å². The Morgan fingerprint density at radius 2 is 1.88 bits per heavy atom. The van der Waals surface area contributed by atoms with E-state index >= 15 is 0 Å². The van der Waals surface area contributed by atoms with E-state index in [0.717, 1.165) is 12.8 Å². The quantitative estimate of drug-likeness (QED) is 0.797. The Bertz CT molecular complexity index is 899. The van der Waals surface area contributed by atoms with Crippen LogP contribution in [0.25, 0.3) is 10.8 Å². The lowest BCUT2D eigenvalue weighted by atomic mass is 10.1. The van der Waals surface area contributed by atoms with Crippen molar-refractivity contribution in [3.63, 3.8) is 0 Å². The van der Waals surface area contributed by atoms with Gasteiger partial charge in [0.1, 0.15) is 0 Å². The summed E-state index contributed by atoms with van der Waals surface area (Å²) in [6.45, 7) is 5.85. The molecule has 1 aliphatic rings. The molecule has 0 saturated heterocycles. The number of rotatable bonds is 6. The van der Waals surface area contributed by atoms with E-state index in [1.807, 2.05) is 13.8 Å². The van der Waals surface area contributed by atoms with Gasteiger partial charge in [-0.3, -0.25) is 9.59 Å². The minimum Gasteiger partial charge on any atom is -0.448 e. The average Bonchev–Trinajstić information content (AvgIpc) is 3.40. The first kappa shape index (κ1) is 18.1. The first-order chi connectivity index (χ1) is 12.4. The molecule has 26 heavy (non-hydrogen) atoms. The van der Waals surface area contributed by atoms with Crippen LogP contribution in [-0.4, -0.2) is 33.8 Å². The number of benzene rings is 1. The van der Waals surface area contributed by atoms with Crippen LogP contribution in [0, 0.1) is 5.92 Å². The highest BCUT2D eigenvalue weighted by Crippen LogP contribution is 2.19. The van der Waals surface area contributed by atoms with Crippen molar-refractivity contribution >= 4 is 22.6 Å². The lowest BCUT2D eigenvalue weighted by Gasteiger charge is -2.15. The zero-order valence-electron chi connectivity index (χ0n) is 15.2. The molecule has 7 nitrogen and oxygen atoms in total. The molecule has 7 heteroatoms. The Morgan fingerprint density at radius 1 is 1.23 bits per heavy atom. The molecule has 1 aliphatic carbocycles. The summed E-state index contributed by atoms with van der Waals surface area (Å²) in [7, 11) is 0. The maximum Gasteiger partial charge on any atom is 0.360 e. The summed E-state index contributed by atoms with van der Waals surface area (Å²) in [5.74, 6) is -0.841. The van der Waals surface area contributed by atoms with Gasteiger partial charge in [0.25, 0.3) is 11.5 Å². The number of nitrogens with zero attached hydrogens (tertiary/aromatic N) is 2. The SMILES string of the molecule is CC(C)Cn1nc(C(=O)O[C@@H](C)C(=O)NC2CC2)c2ccccc2c1=O. The van der Waals surface area contributed by atoms with Crippen molar-refractivity contribution in [2.45, 2.75) is 52.3 Å². The molecule has 0 bridgehead atoms. The van der Waals surface area contributed by atoms with Crippen molar-refractivity contribution in [1.29, 1.82) is 0 Å². The van der Waals surface area contributed by atoms with Crippen molar-refractivity contribution in [3.8, 4) is 0 Å². The molecule has 0 spiro atoms. The Kier molecular flexibility index (Phi) is 5.06. The number of hydrogen-bond acceptors (Lipinski definition) is 5. The highest BCUT2D eigenvalue weighted by atomic mass is 16.5. The highest BCUT2D eigenvalue weighted by molar-refractivity contribution is 6.02. The van der Waals surface area contributed by atoms with Crippen LogP contribution in [0.4, 0.5) is 0 Å². The van der Waals surface area contributed by atoms with E-state index in [0.29, 0.717) is 17.3 Å². The van der Waals surface area contributed by atoms with Gasteiger partial charge >= 0.3 is 5.97 Å². The molecule has 1 aromatic heterocycles. The summed E-state index contributed by atoms with van der Waals surface area (Å²) in [5, 5.41) is 7.86. The number of aromatic nitrogens is 2. The normalized spacial score (nSPS) is 15.1. The molecule has 1 heterocycles. The molecule has 0 radical (unpaired) electrons. The molecule has 1 fully saturated rings. The topological polar surface area (TPSA) is 90.3 Å². The predicted molar refractivity (Wildman–Crippen MR) is 96.9 cm³/mol. The van der Waals surface area contributed by atoms with Gasteiger partial charge in [-0.1, -0.05) is 32.0 Å². The largest absolute Gasteiger partial charge is 0.448 e. The van der Waals surface area contributed by atoms with E-state index in [2.05, 4.69) is 10.4 Å². The molecule has 0 aliphatic heterocycles. The van der Waals surface area contributed by atoms with E-state index in [4.69, 9.17) is 4.74 Å². The van der Waals surface area contributed by atoms with Gasteiger partial charge in [-0.15, -0.1) is 0 Å². The third kappa shape index (κ3) is 3.92. The summed E-state index contributed by atoms with van der Waals surface area (Å²) < 4.78 is 6.60. The van der Waals surface area contributed by atoms with Gasteiger partial charge in [-0.05, 0) is 31.7 Å². The number of carbonyl (C=O) groups is 2. The fraction of sp³-hybridized carbons (Fsp3) is 0.474. The van der Waals surface area contributed by atoms with Gasteiger partial charge in [-0.25, -0.2) is 9.48 Å². The Balaban J connectivity index is 1.92. The molecule has 1 amide bonds. The maximum absolute atomic E-state index is 12.6. The summed E-state index contributed by atoms with van der Waals surface area (Å²) >= 11 is 0. The Labute approximate surface area is 151 Å². The zero-order valence-corrected chi connectivity index (χ0v) is 15.2. The van der Waals surface area contributed by atoms with Gasteiger partial charge < -0.3 is 10.1 Å². The lowest BCUT2D eigenvalue weighted by molar-refractivity contribution is -0.129. The number of nitrogens with one attached hydrogen (secondary N) is 1. The van der Waals surface area contributed by atoms with Crippen LogP contribution in [0.5, 0.6) is 0 Å². The zero-order chi connectivity index (χ0) is 18.8. The molecule has 1 N–H and O–H groups in total. The number of esters is 1. The summed E-state index contributed by atoms with van der Waals surface area (Å²) in [6, 6.07) is 6.99. The molecule has 1 saturated carbocycles. The minimum atomic E-state index is -0.922. The average molecular weight is 357 g/mol.